The summed E-state index contributed by atoms with van der Waals surface area (Å²) < 4.78 is 28.9. The van der Waals surface area contributed by atoms with Crippen LogP contribution in [-0.2, 0) is 4.74 Å². The zero-order valence-corrected chi connectivity index (χ0v) is 30.7. The molecule has 1 heterocycles. The van der Waals surface area contributed by atoms with Crippen molar-refractivity contribution >= 4 is 57.2 Å². The van der Waals surface area contributed by atoms with Gasteiger partial charge in [-0.05, 0) is 0 Å². The van der Waals surface area contributed by atoms with Crippen molar-refractivity contribution in [2.24, 2.45) is 0 Å². The van der Waals surface area contributed by atoms with Crippen molar-refractivity contribution in [3.63, 3.8) is 0 Å². The van der Waals surface area contributed by atoms with Crippen LogP contribution >= 0.6 is 19.0 Å². The number of ether oxygens (including phenoxy) is 5. The fraction of sp³-hybridized carbons (Fsp3) is 0.171. The van der Waals surface area contributed by atoms with E-state index >= 15 is 0 Å². The number of rotatable bonds is 11. The van der Waals surface area contributed by atoms with Gasteiger partial charge in [-0.3, -0.25) is 0 Å². The molecule has 0 aliphatic rings. The summed E-state index contributed by atoms with van der Waals surface area (Å²) >= 11 is 0. The Morgan fingerprint density at radius 3 is 1.54 bits per heavy atom. The molecular formula is C41H41ClNO6P. The van der Waals surface area contributed by atoms with Crippen molar-refractivity contribution in [3.8, 4) is 34.1 Å². The molecule has 0 N–H and O–H groups in total. The number of esters is 1. The van der Waals surface area contributed by atoms with Crippen molar-refractivity contribution < 1.29 is 28.5 Å². The SMILES string of the molecule is CCOC(=O)c1c(P(C)(c2ccccc2)(c2ccccc2)c2ccccc2)nc2cc(OC)c(OC)cc2c1-c1ccc(OC)c(OC)c1.Cl. The van der Waals surface area contributed by atoms with E-state index in [1.807, 2.05) is 91.9 Å². The summed E-state index contributed by atoms with van der Waals surface area (Å²) in [5.74, 6) is 1.63. The first-order valence-electron chi connectivity index (χ1n) is 16.0. The number of halogens is 1. The van der Waals surface area contributed by atoms with Gasteiger partial charge in [0.1, 0.15) is 0 Å². The first-order valence-corrected chi connectivity index (χ1v) is 18.7. The predicted octanol–water partition coefficient (Wildman–Crippen LogP) is 7.32. The van der Waals surface area contributed by atoms with E-state index < -0.39 is 12.6 Å². The molecule has 0 fully saturated rings. The molecule has 0 radical (unpaired) electrons. The van der Waals surface area contributed by atoms with Crippen LogP contribution in [0, 0.1) is 0 Å². The van der Waals surface area contributed by atoms with Crippen LogP contribution < -0.4 is 40.3 Å². The van der Waals surface area contributed by atoms with Gasteiger partial charge in [0.15, 0.2) is 0 Å². The Morgan fingerprint density at radius 1 is 0.620 bits per heavy atom. The summed E-state index contributed by atoms with van der Waals surface area (Å²) in [6, 6.07) is 40.5. The van der Waals surface area contributed by atoms with Gasteiger partial charge in [-0.2, -0.15) is 0 Å². The molecule has 7 nitrogen and oxygen atoms in total. The quantitative estimate of drug-likeness (QED) is 0.103. The first kappa shape index (κ1) is 36.2. The van der Waals surface area contributed by atoms with Gasteiger partial charge in [0, 0.05) is 0 Å². The zero-order valence-electron chi connectivity index (χ0n) is 29.0. The molecule has 0 bridgehead atoms. The van der Waals surface area contributed by atoms with Gasteiger partial charge in [0.05, 0.1) is 0 Å². The number of carbonyl (C=O) groups excluding carboxylic acids is 1. The molecular weight excluding hydrogens is 669 g/mol. The number of methoxy groups -OCH3 is 4. The number of pyridine rings is 1. The molecule has 0 aliphatic carbocycles. The Labute approximate surface area is 299 Å². The minimum atomic E-state index is -3.89. The van der Waals surface area contributed by atoms with Gasteiger partial charge in [0.2, 0.25) is 0 Å². The fourth-order valence-electron chi connectivity index (χ4n) is 6.89. The van der Waals surface area contributed by atoms with E-state index in [4.69, 9.17) is 28.7 Å². The van der Waals surface area contributed by atoms with Crippen LogP contribution in [0.5, 0.6) is 23.0 Å². The van der Waals surface area contributed by atoms with Crippen LogP contribution in [0.15, 0.2) is 121 Å². The maximum atomic E-state index is 14.8. The molecule has 0 amide bonds. The second-order valence-electron chi connectivity index (χ2n) is 11.8. The number of nitrogens with zero attached hydrogens (tertiary/aromatic N) is 1. The predicted molar refractivity (Wildman–Crippen MR) is 207 cm³/mol. The van der Waals surface area contributed by atoms with Crippen molar-refractivity contribution in [3.05, 3.63) is 127 Å². The molecule has 6 aromatic rings. The zero-order chi connectivity index (χ0) is 34.6. The average Bonchev–Trinajstić information content (AvgIpc) is 3.17. The Balaban J connectivity index is 0.00000486. The van der Waals surface area contributed by atoms with E-state index in [9.17, 15) is 4.79 Å². The normalized spacial score (nSPS) is 11.8. The summed E-state index contributed by atoms with van der Waals surface area (Å²) in [5, 5.41) is 3.82. The van der Waals surface area contributed by atoms with Crippen molar-refractivity contribution in [2.75, 3.05) is 41.7 Å². The summed E-state index contributed by atoms with van der Waals surface area (Å²) in [6.45, 7) is 0.376. The standard InChI is InChI=1S/C41H40NO6P.ClH/c1-7-48-41(43)39-38(28-23-24-34(44-2)35(25-28)45-3)32-26-36(46-4)37(47-5)27-33(32)42-40(39)49(6,29-17-11-8-12-18-29,30-19-13-9-14-20-30)31-21-15-10-16-22-31;/h8-27H,7H2,1-6H3;1H. The average molecular weight is 710 g/mol. The number of benzene rings is 5. The molecule has 0 aliphatic heterocycles. The largest absolute Gasteiger partial charge is 0.147 e. The minimum absolute atomic E-state index is 0. The topological polar surface area (TPSA) is 76.1 Å². The third-order valence-electron chi connectivity index (χ3n) is 9.36. The number of aromatic nitrogens is 1. The number of fused-ring (bicyclic) bond motifs is 1. The van der Waals surface area contributed by atoms with E-state index in [1.54, 1.807) is 28.4 Å². The maximum Gasteiger partial charge on any atom is -0.147 e. The van der Waals surface area contributed by atoms with Gasteiger partial charge in [-0.1, -0.05) is 0 Å². The maximum absolute atomic E-state index is 14.8. The second kappa shape index (κ2) is 14.8. The molecule has 6 rings (SSSR count). The summed E-state index contributed by atoms with van der Waals surface area (Å²) in [6.07, 6.45) is 0. The summed E-state index contributed by atoms with van der Waals surface area (Å²) in [5.41, 5.74) is 2.98. The molecule has 50 heavy (non-hydrogen) atoms. The van der Waals surface area contributed by atoms with Crippen molar-refractivity contribution in [1.29, 1.82) is 0 Å². The van der Waals surface area contributed by atoms with Crippen LogP contribution in [0.2, 0.25) is 0 Å². The van der Waals surface area contributed by atoms with E-state index in [2.05, 4.69) is 43.1 Å². The third kappa shape index (κ3) is 5.70. The molecule has 0 saturated carbocycles. The van der Waals surface area contributed by atoms with E-state index in [-0.39, 0.29) is 19.0 Å². The van der Waals surface area contributed by atoms with Crippen molar-refractivity contribution in [1.82, 2.24) is 4.98 Å². The molecule has 9 heteroatoms. The van der Waals surface area contributed by atoms with Gasteiger partial charge < -0.3 is 0 Å². The Hall–Kier alpha value is -5.10. The van der Waals surface area contributed by atoms with Gasteiger partial charge >= 0.3 is 288 Å². The van der Waals surface area contributed by atoms with E-state index in [1.165, 1.54) is 0 Å². The van der Waals surface area contributed by atoms with E-state index in [0.717, 1.165) is 21.5 Å². The van der Waals surface area contributed by atoms with Crippen LogP contribution in [0.4, 0.5) is 0 Å². The smallest absolute Gasteiger partial charge is 0.147 e. The number of hydrogen-bond donors (Lipinski definition) is 0. The number of hydrogen-bond acceptors (Lipinski definition) is 7. The van der Waals surface area contributed by atoms with Crippen LogP contribution in [-0.4, -0.2) is 52.7 Å². The Bertz CT molecular complexity index is 2030. The summed E-state index contributed by atoms with van der Waals surface area (Å²) in [4.78, 5) is 20.4. The number of carbonyl (C=O) groups is 1. The molecule has 0 saturated heterocycles. The molecule has 1 aromatic heterocycles. The molecule has 0 spiro atoms. The molecule has 258 valence electrons. The first-order chi connectivity index (χ1) is 23.8. The van der Waals surface area contributed by atoms with Gasteiger partial charge in [0.25, 0.3) is 0 Å². The van der Waals surface area contributed by atoms with Crippen LogP contribution in [0.1, 0.15) is 17.3 Å². The molecule has 5 aromatic carbocycles. The Morgan fingerprint density at radius 2 is 1.08 bits per heavy atom. The molecule has 0 unspecified atom stereocenters. The second-order valence-corrected chi connectivity index (χ2v) is 16.9. The molecule has 0 atom stereocenters. The van der Waals surface area contributed by atoms with Gasteiger partial charge in [-0.15, -0.1) is 12.4 Å². The third-order valence-corrected chi connectivity index (χ3v) is 15.5. The fourth-order valence-corrected chi connectivity index (χ4v) is 12.4. The summed E-state index contributed by atoms with van der Waals surface area (Å²) in [7, 11) is 6.38. The Kier molecular flexibility index (Phi) is 10.7. The monoisotopic (exact) mass is 709 g/mol. The minimum Gasteiger partial charge on any atom is -0.147 e. The van der Waals surface area contributed by atoms with Crippen LogP contribution in [0.25, 0.3) is 22.0 Å². The van der Waals surface area contributed by atoms with Crippen LogP contribution in [0.3, 0.4) is 0 Å². The van der Waals surface area contributed by atoms with Gasteiger partial charge in [-0.25, -0.2) is 0 Å². The van der Waals surface area contributed by atoms with Crippen molar-refractivity contribution in [2.45, 2.75) is 6.92 Å². The van der Waals surface area contributed by atoms with E-state index in [0.29, 0.717) is 50.5 Å².